The van der Waals surface area contributed by atoms with E-state index >= 15 is 0 Å². The summed E-state index contributed by atoms with van der Waals surface area (Å²) >= 11 is 0. The number of morpholine rings is 1. The topological polar surface area (TPSA) is 96.3 Å². The van der Waals surface area contributed by atoms with Crippen molar-refractivity contribution >= 4 is 22.6 Å². The second-order valence-corrected chi connectivity index (χ2v) is 6.23. The van der Waals surface area contributed by atoms with E-state index in [1.54, 1.807) is 0 Å². The number of sulfonamides is 1. The Hall–Kier alpha value is -1.13. The van der Waals surface area contributed by atoms with E-state index in [0.29, 0.717) is 13.2 Å². The Morgan fingerprint density at radius 3 is 2.50 bits per heavy atom. The molecule has 2 N–H and O–H groups in total. The van der Waals surface area contributed by atoms with Crippen molar-refractivity contribution in [2.45, 2.75) is 4.90 Å². The SMILES string of the molecule is COc1ccc(S(=O)(=O)N2CCOCC2)cc1B(O)O. The highest BCUT2D eigenvalue weighted by Gasteiger charge is 2.28. The van der Waals surface area contributed by atoms with E-state index in [4.69, 9.17) is 9.47 Å². The number of benzene rings is 1. The molecular weight excluding hydrogens is 285 g/mol. The Morgan fingerprint density at radius 2 is 1.95 bits per heavy atom. The molecule has 0 saturated carbocycles. The fraction of sp³-hybridized carbons (Fsp3) is 0.455. The fourth-order valence-electron chi connectivity index (χ4n) is 2.01. The molecule has 9 heteroatoms. The van der Waals surface area contributed by atoms with Gasteiger partial charge >= 0.3 is 7.12 Å². The van der Waals surface area contributed by atoms with Crippen LogP contribution in [0, 0.1) is 0 Å². The van der Waals surface area contributed by atoms with Gasteiger partial charge in [0.2, 0.25) is 10.0 Å². The maximum atomic E-state index is 12.4. The first kappa shape index (κ1) is 15.3. The van der Waals surface area contributed by atoms with Gasteiger partial charge in [0.15, 0.2) is 0 Å². The van der Waals surface area contributed by atoms with Crippen molar-refractivity contribution in [3.05, 3.63) is 18.2 Å². The summed E-state index contributed by atoms with van der Waals surface area (Å²) in [6.07, 6.45) is 0. The molecule has 1 aromatic rings. The lowest BCUT2D eigenvalue weighted by molar-refractivity contribution is 0.0730. The summed E-state index contributed by atoms with van der Waals surface area (Å²) in [6, 6.07) is 4.01. The van der Waals surface area contributed by atoms with Gasteiger partial charge in [0.05, 0.1) is 25.2 Å². The van der Waals surface area contributed by atoms with E-state index in [0.717, 1.165) is 0 Å². The zero-order chi connectivity index (χ0) is 14.8. The average Bonchev–Trinajstić information content (AvgIpc) is 2.47. The van der Waals surface area contributed by atoms with E-state index in [1.807, 2.05) is 0 Å². The molecule has 110 valence electrons. The van der Waals surface area contributed by atoms with Crippen LogP contribution < -0.4 is 10.2 Å². The smallest absolute Gasteiger partial charge is 0.492 e. The van der Waals surface area contributed by atoms with Crippen LogP contribution in [-0.2, 0) is 14.8 Å². The Bertz CT molecular complexity index is 570. The molecule has 7 nitrogen and oxygen atoms in total. The van der Waals surface area contributed by atoms with Crippen LogP contribution in [0.15, 0.2) is 23.1 Å². The Balaban J connectivity index is 2.39. The van der Waals surface area contributed by atoms with Crippen LogP contribution in [0.2, 0.25) is 0 Å². The monoisotopic (exact) mass is 301 g/mol. The second-order valence-electron chi connectivity index (χ2n) is 4.29. The summed E-state index contributed by atoms with van der Waals surface area (Å²) in [5.74, 6) is 0.223. The van der Waals surface area contributed by atoms with Crippen molar-refractivity contribution in [3.8, 4) is 5.75 Å². The van der Waals surface area contributed by atoms with Crippen LogP contribution in [0.5, 0.6) is 5.75 Å². The van der Waals surface area contributed by atoms with E-state index < -0.39 is 17.1 Å². The van der Waals surface area contributed by atoms with Crippen molar-refractivity contribution < 1.29 is 27.9 Å². The van der Waals surface area contributed by atoms with Crippen LogP contribution in [0.3, 0.4) is 0 Å². The van der Waals surface area contributed by atoms with Crippen LogP contribution in [0.4, 0.5) is 0 Å². The molecule has 2 rings (SSSR count). The highest BCUT2D eigenvalue weighted by atomic mass is 32.2. The molecular formula is C11H16BNO6S. The summed E-state index contributed by atoms with van der Waals surface area (Å²) < 4.78 is 36.3. The molecule has 1 saturated heterocycles. The second kappa shape index (κ2) is 6.11. The van der Waals surface area contributed by atoms with E-state index in [9.17, 15) is 18.5 Å². The van der Waals surface area contributed by atoms with Gasteiger partial charge in [0, 0.05) is 18.6 Å². The third-order valence-corrected chi connectivity index (χ3v) is 4.98. The van der Waals surface area contributed by atoms with Crippen LogP contribution >= 0.6 is 0 Å². The number of nitrogens with zero attached hydrogens (tertiary/aromatic N) is 1. The van der Waals surface area contributed by atoms with E-state index in [2.05, 4.69) is 0 Å². The summed E-state index contributed by atoms with van der Waals surface area (Å²) in [6.45, 7) is 1.27. The Labute approximate surface area is 117 Å². The van der Waals surface area contributed by atoms with Crippen molar-refractivity contribution in [1.29, 1.82) is 0 Å². The van der Waals surface area contributed by atoms with Crippen molar-refractivity contribution in [2.75, 3.05) is 33.4 Å². The molecule has 0 atom stereocenters. The molecule has 1 aliphatic rings. The molecule has 20 heavy (non-hydrogen) atoms. The first-order chi connectivity index (χ1) is 9.46. The highest BCUT2D eigenvalue weighted by Crippen LogP contribution is 2.19. The van der Waals surface area contributed by atoms with Gasteiger partial charge in [-0.15, -0.1) is 0 Å². The van der Waals surface area contributed by atoms with Gasteiger partial charge in [-0.2, -0.15) is 4.31 Å². The first-order valence-electron chi connectivity index (χ1n) is 6.09. The summed E-state index contributed by atoms with van der Waals surface area (Å²) in [4.78, 5) is 0.00306. The Kier molecular flexibility index (Phi) is 4.66. The lowest BCUT2D eigenvalue weighted by Crippen LogP contribution is -2.41. The number of hydrogen-bond acceptors (Lipinski definition) is 6. The Morgan fingerprint density at radius 1 is 1.30 bits per heavy atom. The molecule has 0 amide bonds. The number of ether oxygens (including phenoxy) is 2. The van der Waals surface area contributed by atoms with Crippen molar-refractivity contribution in [1.82, 2.24) is 4.31 Å². The molecule has 1 aliphatic heterocycles. The standard InChI is InChI=1S/C11H16BNO6S/c1-18-11-3-2-9(8-10(11)12(14)15)20(16,17)13-4-6-19-7-5-13/h2-3,8,14-15H,4-7H2,1H3. The molecule has 0 aliphatic carbocycles. The highest BCUT2D eigenvalue weighted by molar-refractivity contribution is 7.89. The molecule has 0 bridgehead atoms. The number of rotatable bonds is 4. The van der Waals surface area contributed by atoms with Crippen molar-refractivity contribution in [3.63, 3.8) is 0 Å². The van der Waals surface area contributed by atoms with Crippen LogP contribution in [-0.4, -0.2) is 63.3 Å². The van der Waals surface area contributed by atoms with Gasteiger partial charge < -0.3 is 19.5 Å². The molecule has 1 aromatic carbocycles. The number of hydrogen-bond donors (Lipinski definition) is 2. The summed E-state index contributed by atoms with van der Waals surface area (Å²) in [7, 11) is -4.10. The van der Waals surface area contributed by atoms with Gasteiger partial charge in [-0.25, -0.2) is 8.42 Å². The zero-order valence-corrected chi connectivity index (χ0v) is 11.8. The van der Waals surface area contributed by atoms with Gasteiger partial charge in [0.1, 0.15) is 5.75 Å². The fourth-order valence-corrected chi connectivity index (χ4v) is 3.45. The molecule has 0 spiro atoms. The molecule has 1 fully saturated rings. The summed E-state index contributed by atoms with van der Waals surface area (Å²) in [5, 5.41) is 18.6. The molecule has 0 aromatic heterocycles. The predicted octanol–water partition coefficient (Wildman–Crippen LogP) is -1.60. The quantitative estimate of drug-likeness (QED) is 0.650. The van der Waals surface area contributed by atoms with Gasteiger partial charge in [-0.3, -0.25) is 0 Å². The van der Waals surface area contributed by atoms with Gasteiger partial charge in [-0.1, -0.05) is 0 Å². The third kappa shape index (κ3) is 2.96. The summed E-state index contributed by atoms with van der Waals surface area (Å²) in [5.41, 5.74) is 0.0156. The van der Waals surface area contributed by atoms with E-state index in [-0.39, 0.29) is 29.2 Å². The predicted molar refractivity (Wildman–Crippen MR) is 72.4 cm³/mol. The third-order valence-electron chi connectivity index (χ3n) is 3.09. The van der Waals surface area contributed by atoms with Crippen molar-refractivity contribution in [2.24, 2.45) is 0 Å². The minimum absolute atomic E-state index is 0.00306. The van der Waals surface area contributed by atoms with Crippen LogP contribution in [0.1, 0.15) is 0 Å². The van der Waals surface area contributed by atoms with Crippen LogP contribution in [0.25, 0.3) is 0 Å². The minimum Gasteiger partial charge on any atom is -0.497 e. The lowest BCUT2D eigenvalue weighted by Gasteiger charge is -2.26. The molecule has 0 unspecified atom stereocenters. The van der Waals surface area contributed by atoms with E-state index in [1.165, 1.54) is 29.6 Å². The zero-order valence-electron chi connectivity index (χ0n) is 11.0. The maximum absolute atomic E-state index is 12.4. The van der Waals surface area contributed by atoms with Gasteiger partial charge in [-0.05, 0) is 18.2 Å². The lowest BCUT2D eigenvalue weighted by atomic mass is 9.79. The molecule has 0 radical (unpaired) electrons. The first-order valence-corrected chi connectivity index (χ1v) is 7.53. The normalized spacial score (nSPS) is 16.9. The molecule has 1 heterocycles. The largest absolute Gasteiger partial charge is 0.497 e. The maximum Gasteiger partial charge on any atom is 0.492 e. The minimum atomic E-state index is -3.67. The number of methoxy groups -OCH3 is 1. The van der Waals surface area contributed by atoms with Gasteiger partial charge in [0.25, 0.3) is 0 Å². The average molecular weight is 301 g/mol.